The first-order chi connectivity index (χ1) is 14.6. The molecule has 0 aliphatic carbocycles. The molecule has 0 fully saturated rings. The molecule has 2 N–H and O–H groups in total. The quantitative estimate of drug-likeness (QED) is 0.479. The summed E-state index contributed by atoms with van der Waals surface area (Å²) >= 11 is 0. The van der Waals surface area contributed by atoms with Crippen molar-refractivity contribution in [3.63, 3.8) is 0 Å². The minimum absolute atomic E-state index is 0.0955. The number of fused-ring (bicyclic) bond motifs is 3. The molecule has 0 bridgehead atoms. The third-order valence-electron chi connectivity index (χ3n) is 6.14. The highest BCUT2D eigenvalue weighted by Gasteiger charge is 2.34. The normalized spacial score (nSPS) is 15.8. The van der Waals surface area contributed by atoms with Gasteiger partial charge in [-0.05, 0) is 60.7 Å². The molecule has 5 heteroatoms. The first-order valence-electron chi connectivity index (χ1n) is 10.3. The van der Waals surface area contributed by atoms with Gasteiger partial charge in [0.1, 0.15) is 6.04 Å². The van der Waals surface area contributed by atoms with Crippen molar-refractivity contribution in [2.75, 3.05) is 11.9 Å². The molecule has 150 valence electrons. The lowest BCUT2D eigenvalue weighted by Crippen LogP contribution is -2.43. The van der Waals surface area contributed by atoms with Gasteiger partial charge in [0.05, 0.1) is 0 Å². The van der Waals surface area contributed by atoms with Crippen molar-refractivity contribution in [3.05, 3.63) is 94.9 Å². The van der Waals surface area contributed by atoms with E-state index < -0.39 is 0 Å². The van der Waals surface area contributed by atoms with Crippen molar-refractivity contribution >= 4 is 22.6 Å². The summed E-state index contributed by atoms with van der Waals surface area (Å²) < 4.78 is 0. The number of nitrogens with zero attached hydrogens (tertiary/aromatic N) is 2. The Morgan fingerprint density at radius 1 is 1.10 bits per heavy atom. The maximum Gasteiger partial charge on any atom is 0.322 e. The molecule has 5 rings (SSSR count). The number of anilines is 1. The van der Waals surface area contributed by atoms with Crippen LogP contribution in [0.15, 0.2) is 67.0 Å². The van der Waals surface area contributed by atoms with E-state index in [-0.39, 0.29) is 12.1 Å². The van der Waals surface area contributed by atoms with Gasteiger partial charge in [-0.25, -0.2) is 4.79 Å². The first-order valence-corrected chi connectivity index (χ1v) is 10.3. The van der Waals surface area contributed by atoms with Crippen LogP contribution in [0.25, 0.3) is 10.9 Å². The number of nitrogens with one attached hydrogen (secondary N) is 2. The number of aryl methyl sites for hydroxylation is 1. The Morgan fingerprint density at radius 2 is 1.97 bits per heavy atom. The molecule has 0 saturated heterocycles. The highest BCUT2D eigenvalue weighted by atomic mass is 16.2. The molecule has 2 aromatic carbocycles. The van der Waals surface area contributed by atoms with Crippen molar-refractivity contribution in [2.45, 2.75) is 26.3 Å². The van der Waals surface area contributed by atoms with Gasteiger partial charge in [-0.15, -0.1) is 0 Å². The monoisotopic (exact) mass is 396 g/mol. The minimum atomic E-state index is -0.208. The molecule has 30 heavy (non-hydrogen) atoms. The first kappa shape index (κ1) is 18.4. The van der Waals surface area contributed by atoms with Gasteiger partial charge in [-0.3, -0.25) is 4.98 Å². The second-order valence-electron chi connectivity index (χ2n) is 7.87. The second-order valence-corrected chi connectivity index (χ2v) is 7.87. The molecule has 4 aromatic rings. The number of para-hydroxylation sites is 1. The number of pyridine rings is 1. The molecule has 3 heterocycles. The van der Waals surface area contributed by atoms with E-state index >= 15 is 0 Å². The van der Waals surface area contributed by atoms with E-state index in [0.29, 0.717) is 6.54 Å². The summed E-state index contributed by atoms with van der Waals surface area (Å²) in [6.45, 7) is 4.74. The zero-order valence-corrected chi connectivity index (χ0v) is 17.1. The second kappa shape index (κ2) is 7.34. The van der Waals surface area contributed by atoms with E-state index in [4.69, 9.17) is 0 Å². The SMILES string of the molecule is Cc1cccc(NC(=O)N2CCc3c([nH]c4ccccc34)[C@@H]2c2cccnc2)c1C. The highest BCUT2D eigenvalue weighted by Crippen LogP contribution is 2.38. The number of H-pyrrole nitrogens is 1. The lowest BCUT2D eigenvalue weighted by atomic mass is 9.93. The van der Waals surface area contributed by atoms with Crippen LogP contribution in [-0.2, 0) is 6.42 Å². The summed E-state index contributed by atoms with van der Waals surface area (Å²) in [5, 5.41) is 4.37. The maximum atomic E-state index is 13.4. The van der Waals surface area contributed by atoms with Gasteiger partial charge in [-0.1, -0.05) is 36.4 Å². The summed E-state index contributed by atoms with van der Waals surface area (Å²) in [5.41, 5.74) is 7.57. The predicted molar refractivity (Wildman–Crippen MR) is 120 cm³/mol. The zero-order valence-electron chi connectivity index (χ0n) is 17.1. The molecule has 0 saturated carbocycles. The van der Waals surface area contributed by atoms with Crippen LogP contribution in [0.5, 0.6) is 0 Å². The number of rotatable bonds is 2. The van der Waals surface area contributed by atoms with Gasteiger partial charge in [0.15, 0.2) is 0 Å². The Bertz CT molecular complexity index is 1230. The summed E-state index contributed by atoms with van der Waals surface area (Å²) in [5.74, 6) is 0. The van der Waals surface area contributed by atoms with Gasteiger partial charge >= 0.3 is 6.03 Å². The molecule has 2 aromatic heterocycles. The lowest BCUT2D eigenvalue weighted by Gasteiger charge is -2.36. The number of carbonyl (C=O) groups is 1. The van der Waals surface area contributed by atoms with Gasteiger partial charge in [0.2, 0.25) is 0 Å². The van der Waals surface area contributed by atoms with Gasteiger partial charge in [-0.2, -0.15) is 0 Å². The number of hydrogen-bond acceptors (Lipinski definition) is 2. The van der Waals surface area contributed by atoms with Crippen molar-refractivity contribution < 1.29 is 4.79 Å². The van der Waals surface area contributed by atoms with Gasteiger partial charge < -0.3 is 15.2 Å². The van der Waals surface area contributed by atoms with Crippen LogP contribution in [0.4, 0.5) is 10.5 Å². The number of benzene rings is 2. The molecule has 2 amide bonds. The smallest absolute Gasteiger partial charge is 0.322 e. The largest absolute Gasteiger partial charge is 0.356 e. The Labute approximate surface area is 175 Å². The molecule has 0 radical (unpaired) electrons. The van der Waals surface area contributed by atoms with Crippen molar-refractivity contribution in [1.29, 1.82) is 0 Å². The molecule has 1 atom stereocenters. The molecule has 0 unspecified atom stereocenters. The fourth-order valence-electron chi connectivity index (χ4n) is 4.42. The predicted octanol–water partition coefficient (Wildman–Crippen LogP) is 5.36. The van der Waals surface area contributed by atoms with E-state index in [1.54, 1.807) is 6.20 Å². The third-order valence-corrected chi connectivity index (χ3v) is 6.14. The van der Waals surface area contributed by atoms with Crippen LogP contribution >= 0.6 is 0 Å². The lowest BCUT2D eigenvalue weighted by molar-refractivity contribution is 0.193. The molecular weight excluding hydrogens is 372 g/mol. The fourth-order valence-corrected chi connectivity index (χ4v) is 4.42. The average molecular weight is 396 g/mol. The van der Waals surface area contributed by atoms with Crippen LogP contribution in [0, 0.1) is 13.8 Å². The topological polar surface area (TPSA) is 61.0 Å². The minimum Gasteiger partial charge on any atom is -0.356 e. The molecule has 0 spiro atoms. The van der Waals surface area contributed by atoms with Crippen LogP contribution < -0.4 is 5.32 Å². The fraction of sp³-hybridized carbons (Fsp3) is 0.200. The third kappa shape index (κ3) is 3.03. The van der Waals surface area contributed by atoms with Crippen molar-refractivity contribution in [3.8, 4) is 0 Å². The molecule has 1 aliphatic heterocycles. The number of carbonyl (C=O) groups excluding carboxylic acids is 1. The average Bonchev–Trinajstić information content (AvgIpc) is 3.15. The van der Waals surface area contributed by atoms with Crippen LogP contribution in [0.1, 0.15) is 34.0 Å². The molecular formula is C25H24N4O. The van der Waals surface area contributed by atoms with E-state index in [0.717, 1.165) is 40.0 Å². The van der Waals surface area contributed by atoms with E-state index in [2.05, 4.69) is 46.5 Å². The Morgan fingerprint density at radius 3 is 2.80 bits per heavy atom. The van der Waals surface area contributed by atoms with Crippen LogP contribution in [0.2, 0.25) is 0 Å². The Kier molecular flexibility index (Phi) is 4.51. The van der Waals surface area contributed by atoms with E-state index in [9.17, 15) is 4.79 Å². The van der Waals surface area contributed by atoms with Gasteiger partial charge in [0, 0.05) is 41.2 Å². The number of aromatic amines is 1. The summed E-state index contributed by atoms with van der Waals surface area (Å²) in [7, 11) is 0. The van der Waals surface area contributed by atoms with Crippen LogP contribution in [0.3, 0.4) is 0 Å². The summed E-state index contributed by atoms with van der Waals surface area (Å²) in [6.07, 6.45) is 4.43. The molecule has 5 nitrogen and oxygen atoms in total. The van der Waals surface area contributed by atoms with Gasteiger partial charge in [0.25, 0.3) is 0 Å². The van der Waals surface area contributed by atoms with E-state index in [1.165, 1.54) is 10.9 Å². The highest BCUT2D eigenvalue weighted by molar-refractivity contribution is 5.92. The summed E-state index contributed by atoms with van der Waals surface area (Å²) in [6, 6.07) is 18.0. The standard InChI is InChI=1S/C25H24N4O/c1-16-7-5-11-21(17(16)2)28-25(30)29-14-12-20-19-9-3-4-10-22(19)27-23(20)24(29)18-8-6-13-26-15-18/h3-11,13,15,24,27H,12,14H2,1-2H3,(H,28,30)/t24-/m0/s1. The number of aromatic nitrogens is 2. The Hall–Kier alpha value is -3.60. The van der Waals surface area contributed by atoms with Crippen molar-refractivity contribution in [2.24, 2.45) is 0 Å². The summed E-state index contributed by atoms with van der Waals surface area (Å²) in [4.78, 5) is 23.2. The Balaban J connectivity index is 1.57. The molecule has 1 aliphatic rings. The maximum absolute atomic E-state index is 13.4. The van der Waals surface area contributed by atoms with E-state index in [1.807, 2.05) is 48.4 Å². The zero-order chi connectivity index (χ0) is 20.7. The van der Waals surface area contributed by atoms with Crippen molar-refractivity contribution in [1.82, 2.24) is 14.9 Å². The number of urea groups is 1. The number of amides is 2. The van der Waals surface area contributed by atoms with Crippen LogP contribution in [-0.4, -0.2) is 27.4 Å². The number of hydrogen-bond donors (Lipinski definition) is 2.